The molecule has 0 fully saturated rings. The highest BCUT2D eigenvalue weighted by molar-refractivity contribution is 4.94. The molecule has 0 aromatic carbocycles. The molecule has 0 aromatic heterocycles. The number of hydrogen-bond acceptors (Lipinski definition) is 0. The van der Waals surface area contributed by atoms with E-state index in [-0.39, 0.29) is 6.67 Å². The minimum absolute atomic E-state index is 0.319. The molecule has 0 aliphatic heterocycles. The minimum Gasteiger partial charge on any atom is -0.250 e. The molecule has 0 N–H and O–H groups in total. The lowest BCUT2D eigenvalue weighted by atomic mass is 10.5. The van der Waals surface area contributed by atoms with E-state index in [1.54, 1.807) is 6.92 Å². The van der Waals surface area contributed by atoms with Gasteiger partial charge in [0.05, 0.1) is 0 Å². The van der Waals surface area contributed by atoms with Gasteiger partial charge >= 0.3 is 0 Å². The smallest absolute Gasteiger partial charge is 0.100 e. The maximum Gasteiger partial charge on any atom is 0.100 e. The highest BCUT2D eigenvalue weighted by Crippen LogP contribution is 1.72. The molecule has 1 heteroatoms. The van der Waals surface area contributed by atoms with E-state index in [4.69, 9.17) is 0 Å². The fourth-order valence-corrected chi connectivity index (χ4v) is 0.172. The fraction of sp³-hybridized carbons (Fsp3) is 0.600. The molecule has 0 bridgehead atoms. The molecular formula is C5H7F. The number of hydrogen-bond donors (Lipinski definition) is 0. The van der Waals surface area contributed by atoms with Crippen molar-refractivity contribution < 1.29 is 4.39 Å². The predicted octanol–water partition coefficient (Wildman–Crippen LogP) is 1.37. The van der Waals surface area contributed by atoms with Gasteiger partial charge in [-0.3, -0.25) is 4.39 Å². The Morgan fingerprint density at radius 2 is 2.33 bits per heavy atom. The summed E-state index contributed by atoms with van der Waals surface area (Å²) < 4.78 is 11.1. The van der Waals surface area contributed by atoms with Crippen LogP contribution in [0.1, 0.15) is 13.3 Å². The first-order chi connectivity index (χ1) is 2.91. The summed E-state index contributed by atoms with van der Waals surface area (Å²) in [6.45, 7) is 1.39. The van der Waals surface area contributed by atoms with E-state index in [0.717, 1.165) is 0 Å². The molecule has 0 rings (SSSR count). The zero-order valence-corrected chi connectivity index (χ0v) is 3.79. The molecule has 0 nitrogen and oxygen atoms in total. The van der Waals surface area contributed by atoms with Crippen molar-refractivity contribution in [2.45, 2.75) is 13.3 Å². The van der Waals surface area contributed by atoms with Crippen LogP contribution in [0, 0.1) is 11.8 Å². The van der Waals surface area contributed by atoms with Crippen LogP contribution in [0.15, 0.2) is 0 Å². The molecule has 0 saturated heterocycles. The van der Waals surface area contributed by atoms with Crippen LogP contribution < -0.4 is 0 Å². The third-order valence-corrected chi connectivity index (χ3v) is 0.396. The van der Waals surface area contributed by atoms with Crippen molar-refractivity contribution in [2.75, 3.05) is 6.67 Å². The number of alkyl halides is 1. The molecule has 0 aliphatic rings. The molecule has 0 radical (unpaired) electrons. The Bertz CT molecular complexity index is 65.7. The second-order valence-corrected chi connectivity index (χ2v) is 0.866. The molecule has 0 spiro atoms. The van der Waals surface area contributed by atoms with Crippen molar-refractivity contribution >= 4 is 0 Å². The predicted molar refractivity (Wildman–Crippen MR) is 24.0 cm³/mol. The van der Waals surface area contributed by atoms with Crippen LogP contribution in [0.4, 0.5) is 4.39 Å². The van der Waals surface area contributed by atoms with Gasteiger partial charge in [-0.25, -0.2) is 0 Å². The molecule has 0 atom stereocenters. The van der Waals surface area contributed by atoms with Gasteiger partial charge in [-0.2, -0.15) is 0 Å². The van der Waals surface area contributed by atoms with E-state index < -0.39 is 0 Å². The number of rotatable bonds is 1. The Morgan fingerprint density at radius 1 is 1.67 bits per heavy atom. The van der Waals surface area contributed by atoms with Crippen LogP contribution in [-0.2, 0) is 0 Å². The van der Waals surface area contributed by atoms with Gasteiger partial charge in [0.2, 0.25) is 0 Å². The lowest BCUT2D eigenvalue weighted by molar-refractivity contribution is 0.505. The lowest BCUT2D eigenvalue weighted by Gasteiger charge is -1.68. The Hall–Kier alpha value is -0.510. The van der Waals surface area contributed by atoms with E-state index in [2.05, 4.69) is 11.8 Å². The first kappa shape index (κ1) is 5.49. The highest BCUT2D eigenvalue weighted by atomic mass is 19.1. The second-order valence-electron chi connectivity index (χ2n) is 0.866. The van der Waals surface area contributed by atoms with E-state index in [9.17, 15) is 4.39 Å². The van der Waals surface area contributed by atoms with Crippen LogP contribution in [0.25, 0.3) is 0 Å². The minimum atomic E-state index is -0.319. The molecule has 0 unspecified atom stereocenters. The summed E-state index contributed by atoms with van der Waals surface area (Å²) >= 11 is 0. The molecule has 0 amide bonds. The van der Waals surface area contributed by atoms with Crippen LogP contribution in [0.5, 0.6) is 0 Å². The van der Waals surface area contributed by atoms with Crippen molar-refractivity contribution in [2.24, 2.45) is 0 Å². The zero-order chi connectivity index (χ0) is 4.83. The van der Waals surface area contributed by atoms with Gasteiger partial charge in [-0.05, 0) is 6.92 Å². The maximum atomic E-state index is 11.1. The molecule has 0 heterocycles. The van der Waals surface area contributed by atoms with Crippen LogP contribution in [-0.4, -0.2) is 6.67 Å². The van der Waals surface area contributed by atoms with Crippen LogP contribution in [0.2, 0.25) is 0 Å². The Kier molecular flexibility index (Phi) is 4.11. The third kappa shape index (κ3) is 3.49. The van der Waals surface area contributed by atoms with Crippen LogP contribution >= 0.6 is 0 Å². The van der Waals surface area contributed by atoms with Crippen LogP contribution in [0.3, 0.4) is 0 Å². The van der Waals surface area contributed by atoms with E-state index in [1.165, 1.54) is 0 Å². The van der Waals surface area contributed by atoms with E-state index in [0.29, 0.717) is 6.42 Å². The van der Waals surface area contributed by atoms with Gasteiger partial charge in [0.1, 0.15) is 6.67 Å². The molecule has 6 heavy (non-hydrogen) atoms. The first-order valence-corrected chi connectivity index (χ1v) is 1.87. The maximum absolute atomic E-state index is 11.1. The fourth-order valence-electron chi connectivity index (χ4n) is 0.172. The van der Waals surface area contributed by atoms with E-state index in [1.807, 2.05) is 0 Å². The highest BCUT2D eigenvalue weighted by Gasteiger charge is 1.67. The molecule has 0 aromatic rings. The van der Waals surface area contributed by atoms with E-state index >= 15 is 0 Å². The molecule has 34 valence electrons. The van der Waals surface area contributed by atoms with Gasteiger partial charge in [-0.15, -0.1) is 11.8 Å². The summed E-state index contributed by atoms with van der Waals surface area (Å²) in [5.41, 5.74) is 0. The van der Waals surface area contributed by atoms with Crippen molar-refractivity contribution in [3.05, 3.63) is 0 Å². The summed E-state index contributed by atoms with van der Waals surface area (Å²) in [6.07, 6.45) is 0.385. The largest absolute Gasteiger partial charge is 0.250 e. The van der Waals surface area contributed by atoms with Gasteiger partial charge in [0, 0.05) is 6.42 Å². The molecular weight excluding hydrogens is 79.1 g/mol. The first-order valence-electron chi connectivity index (χ1n) is 1.87. The monoisotopic (exact) mass is 86.1 g/mol. The molecule has 0 saturated carbocycles. The summed E-state index contributed by atoms with van der Waals surface area (Å²) in [6, 6.07) is 0. The Labute approximate surface area is 37.4 Å². The van der Waals surface area contributed by atoms with Crippen molar-refractivity contribution in [3.8, 4) is 11.8 Å². The van der Waals surface area contributed by atoms with Crippen molar-refractivity contribution in [3.63, 3.8) is 0 Å². The average Bonchev–Trinajstić information content (AvgIpc) is 1.61. The van der Waals surface area contributed by atoms with Crippen molar-refractivity contribution in [1.29, 1.82) is 0 Å². The molecule has 0 aliphatic carbocycles. The Morgan fingerprint density at radius 3 is 2.50 bits per heavy atom. The standard InChI is InChI=1S/C5H7F/c1-2-3-4-5-6/h4-5H2,1H3. The SMILES string of the molecule is CC#CCCF. The Balaban J connectivity index is 2.79. The van der Waals surface area contributed by atoms with Gasteiger partial charge in [-0.1, -0.05) is 0 Å². The summed E-state index contributed by atoms with van der Waals surface area (Å²) in [5.74, 6) is 5.15. The number of halogens is 1. The van der Waals surface area contributed by atoms with Gasteiger partial charge < -0.3 is 0 Å². The van der Waals surface area contributed by atoms with Gasteiger partial charge in [0.15, 0.2) is 0 Å². The van der Waals surface area contributed by atoms with Crippen molar-refractivity contribution in [1.82, 2.24) is 0 Å². The normalized spacial score (nSPS) is 6.33. The topological polar surface area (TPSA) is 0 Å². The quantitative estimate of drug-likeness (QED) is 0.423. The second kappa shape index (κ2) is 4.49. The average molecular weight is 86.1 g/mol. The van der Waals surface area contributed by atoms with Gasteiger partial charge in [0.25, 0.3) is 0 Å². The summed E-state index contributed by atoms with van der Waals surface area (Å²) in [4.78, 5) is 0. The summed E-state index contributed by atoms with van der Waals surface area (Å²) in [5, 5.41) is 0. The summed E-state index contributed by atoms with van der Waals surface area (Å²) in [7, 11) is 0. The lowest BCUT2D eigenvalue weighted by Crippen LogP contribution is -1.64. The zero-order valence-electron chi connectivity index (χ0n) is 3.79. The third-order valence-electron chi connectivity index (χ3n) is 0.396.